The lowest BCUT2D eigenvalue weighted by Gasteiger charge is -2.14. The number of hydrogen-bond donors (Lipinski definition) is 0. The molecule has 0 fully saturated rings. The predicted molar refractivity (Wildman–Crippen MR) is 81.3 cm³/mol. The zero-order valence-corrected chi connectivity index (χ0v) is 13.5. The Hall–Kier alpha value is -1.80. The number of ether oxygens (including phenoxy) is 1. The van der Waals surface area contributed by atoms with Gasteiger partial charge in [-0.15, -0.1) is 10.2 Å². The highest BCUT2D eigenvalue weighted by atomic mass is 79.9. The van der Waals surface area contributed by atoms with E-state index in [1.165, 1.54) is 17.7 Å². The minimum atomic E-state index is -0.577. The zero-order valence-electron chi connectivity index (χ0n) is 11.1. The van der Waals surface area contributed by atoms with E-state index in [-0.39, 0.29) is 5.97 Å². The van der Waals surface area contributed by atoms with Crippen molar-refractivity contribution in [3.05, 3.63) is 45.6 Å². The minimum Gasteiger partial charge on any atom is -0.465 e. The van der Waals surface area contributed by atoms with E-state index in [1.54, 1.807) is 11.4 Å². The van der Waals surface area contributed by atoms with Gasteiger partial charge in [0.2, 0.25) is 4.96 Å². The smallest absolute Gasteiger partial charge is 0.320 e. The van der Waals surface area contributed by atoms with Gasteiger partial charge in [-0.2, -0.15) is 9.61 Å². The van der Waals surface area contributed by atoms with Gasteiger partial charge in [0.15, 0.2) is 0 Å². The molecule has 0 amide bonds. The Kier molecular flexibility index (Phi) is 3.98. The third kappa shape index (κ3) is 2.68. The molecule has 6 nitrogen and oxygen atoms in total. The van der Waals surface area contributed by atoms with Crippen LogP contribution in [0.2, 0.25) is 0 Å². The van der Waals surface area contributed by atoms with Crippen LogP contribution in [0.3, 0.4) is 0 Å². The van der Waals surface area contributed by atoms with Crippen LogP contribution in [0.25, 0.3) is 4.96 Å². The number of hydrogen-bond acceptors (Lipinski definition) is 6. The predicted octanol–water partition coefficient (Wildman–Crippen LogP) is 2.64. The van der Waals surface area contributed by atoms with E-state index in [2.05, 4.69) is 31.2 Å². The van der Waals surface area contributed by atoms with E-state index in [1.807, 2.05) is 24.3 Å². The summed E-state index contributed by atoms with van der Waals surface area (Å²) in [5.41, 5.74) is 0.820. The molecule has 0 spiro atoms. The number of carbonyl (C=O) groups excluding carboxylic acids is 1. The molecule has 0 aliphatic carbocycles. The van der Waals surface area contributed by atoms with Gasteiger partial charge in [0.05, 0.1) is 6.61 Å². The second-order valence-corrected chi connectivity index (χ2v) is 6.05. The van der Waals surface area contributed by atoms with Crippen LogP contribution in [0, 0.1) is 0 Å². The first-order chi connectivity index (χ1) is 10.2. The van der Waals surface area contributed by atoms with Gasteiger partial charge in [-0.1, -0.05) is 45.5 Å². The maximum Gasteiger partial charge on any atom is 0.320 e. The van der Waals surface area contributed by atoms with Gasteiger partial charge in [-0.3, -0.25) is 4.79 Å². The molecule has 21 heavy (non-hydrogen) atoms. The van der Waals surface area contributed by atoms with Gasteiger partial charge in [0.1, 0.15) is 17.3 Å². The summed E-state index contributed by atoms with van der Waals surface area (Å²) in [5.74, 6) is -0.901. The van der Waals surface area contributed by atoms with E-state index in [0.717, 1.165) is 10.0 Å². The number of halogens is 1. The summed E-state index contributed by atoms with van der Waals surface area (Å²) < 4.78 is 7.60. The van der Waals surface area contributed by atoms with Crippen LogP contribution in [0.1, 0.15) is 23.4 Å². The van der Waals surface area contributed by atoms with Crippen molar-refractivity contribution in [2.45, 2.75) is 12.8 Å². The van der Waals surface area contributed by atoms with E-state index in [9.17, 15) is 4.79 Å². The van der Waals surface area contributed by atoms with Crippen molar-refractivity contribution in [2.24, 2.45) is 0 Å². The molecule has 2 heterocycles. The van der Waals surface area contributed by atoms with Crippen molar-refractivity contribution in [3.63, 3.8) is 0 Å². The molecule has 0 bridgehead atoms. The Morgan fingerprint density at radius 3 is 3.00 bits per heavy atom. The summed E-state index contributed by atoms with van der Waals surface area (Å²) >= 11 is 4.81. The number of benzene rings is 1. The largest absolute Gasteiger partial charge is 0.465 e. The first-order valence-corrected chi connectivity index (χ1v) is 7.89. The molecule has 0 radical (unpaired) electrons. The Bertz CT molecular complexity index is 757. The van der Waals surface area contributed by atoms with Gasteiger partial charge in [-0.05, 0) is 18.6 Å². The Labute approximate surface area is 132 Å². The van der Waals surface area contributed by atoms with Crippen LogP contribution in [0.15, 0.2) is 35.1 Å². The lowest BCUT2D eigenvalue weighted by atomic mass is 10.00. The second kappa shape index (κ2) is 5.90. The summed E-state index contributed by atoms with van der Waals surface area (Å²) in [6.45, 7) is 2.11. The fourth-order valence-electron chi connectivity index (χ4n) is 1.99. The highest BCUT2D eigenvalue weighted by Crippen LogP contribution is 2.33. The summed E-state index contributed by atoms with van der Waals surface area (Å²) in [6, 6.07) is 7.55. The minimum absolute atomic E-state index is 0.323. The maximum atomic E-state index is 12.4. The molecule has 0 saturated heterocycles. The van der Waals surface area contributed by atoms with Crippen molar-refractivity contribution in [2.75, 3.05) is 6.61 Å². The van der Waals surface area contributed by atoms with Crippen LogP contribution in [-0.4, -0.2) is 32.4 Å². The van der Waals surface area contributed by atoms with Crippen molar-refractivity contribution in [1.29, 1.82) is 0 Å². The van der Waals surface area contributed by atoms with Crippen molar-refractivity contribution in [1.82, 2.24) is 19.8 Å². The quantitative estimate of drug-likeness (QED) is 0.663. The van der Waals surface area contributed by atoms with Crippen LogP contribution < -0.4 is 0 Å². The zero-order chi connectivity index (χ0) is 14.8. The van der Waals surface area contributed by atoms with Crippen LogP contribution >= 0.6 is 27.3 Å². The van der Waals surface area contributed by atoms with Crippen LogP contribution in [0.5, 0.6) is 0 Å². The van der Waals surface area contributed by atoms with E-state index in [4.69, 9.17) is 4.74 Å². The number of fused-ring (bicyclic) bond motifs is 1. The number of nitrogens with zero attached hydrogens (tertiary/aromatic N) is 4. The molecule has 3 aromatic rings. The van der Waals surface area contributed by atoms with Crippen molar-refractivity contribution >= 4 is 38.2 Å². The number of rotatable bonds is 4. The standard InChI is InChI=1S/C13H11BrN4O2S/c1-2-20-12(19)10(8-5-3-4-6-9(8)14)11-17-18-7-15-16-13(18)21-11/h3-7,10H,2H2,1H3. The molecular weight excluding hydrogens is 356 g/mol. The molecule has 0 N–H and O–H groups in total. The Morgan fingerprint density at radius 2 is 2.29 bits per heavy atom. The molecule has 0 aliphatic heterocycles. The van der Waals surface area contributed by atoms with Gasteiger partial charge >= 0.3 is 5.97 Å². The lowest BCUT2D eigenvalue weighted by Crippen LogP contribution is -2.18. The molecule has 1 unspecified atom stereocenters. The average molecular weight is 367 g/mol. The molecule has 1 atom stereocenters. The third-order valence-electron chi connectivity index (χ3n) is 2.89. The molecule has 108 valence electrons. The molecule has 2 aromatic heterocycles. The number of carbonyl (C=O) groups is 1. The van der Waals surface area contributed by atoms with Crippen LogP contribution in [0.4, 0.5) is 0 Å². The summed E-state index contributed by atoms with van der Waals surface area (Å²) in [7, 11) is 0. The monoisotopic (exact) mass is 366 g/mol. The van der Waals surface area contributed by atoms with Gasteiger partial charge in [0, 0.05) is 4.47 Å². The summed E-state index contributed by atoms with van der Waals surface area (Å²) in [4.78, 5) is 13.0. The van der Waals surface area contributed by atoms with E-state index in [0.29, 0.717) is 16.6 Å². The van der Waals surface area contributed by atoms with E-state index >= 15 is 0 Å². The maximum absolute atomic E-state index is 12.4. The van der Waals surface area contributed by atoms with E-state index < -0.39 is 5.92 Å². The van der Waals surface area contributed by atoms with Gasteiger partial charge < -0.3 is 4.74 Å². The second-order valence-electron chi connectivity index (χ2n) is 4.20. The fourth-order valence-corrected chi connectivity index (χ4v) is 3.43. The normalized spacial score (nSPS) is 12.5. The first kappa shape index (κ1) is 14.2. The summed E-state index contributed by atoms with van der Waals surface area (Å²) in [5, 5.41) is 12.7. The molecule has 1 aromatic carbocycles. The average Bonchev–Trinajstić information content (AvgIpc) is 3.03. The van der Waals surface area contributed by atoms with Gasteiger partial charge in [0.25, 0.3) is 0 Å². The topological polar surface area (TPSA) is 69.4 Å². The lowest BCUT2D eigenvalue weighted by molar-refractivity contribution is -0.143. The van der Waals surface area contributed by atoms with Crippen molar-refractivity contribution < 1.29 is 9.53 Å². The molecular formula is C13H11BrN4O2S. The molecule has 8 heteroatoms. The fraction of sp³-hybridized carbons (Fsp3) is 0.231. The Morgan fingerprint density at radius 1 is 1.48 bits per heavy atom. The Balaban J connectivity index is 2.10. The van der Waals surface area contributed by atoms with Crippen LogP contribution in [-0.2, 0) is 9.53 Å². The number of esters is 1. The highest BCUT2D eigenvalue weighted by Gasteiger charge is 2.29. The first-order valence-electron chi connectivity index (χ1n) is 6.28. The summed E-state index contributed by atoms with van der Waals surface area (Å²) in [6.07, 6.45) is 1.51. The SMILES string of the molecule is CCOC(=O)C(c1nn2cnnc2s1)c1ccccc1Br. The van der Waals surface area contributed by atoms with Crippen molar-refractivity contribution in [3.8, 4) is 0 Å². The molecule has 3 rings (SSSR count). The third-order valence-corrected chi connectivity index (χ3v) is 4.59. The molecule has 0 saturated carbocycles. The highest BCUT2D eigenvalue weighted by molar-refractivity contribution is 9.10. The number of aromatic nitrogens is 4. The van der Waals surface area contributed by atoms with Gasteiger partial charge in [-0.25, -0.2) is 0 Å². The molecule has 0 aliphatic rings.